The maximum atomic E-state index is 12.9. The predicted octanol–water partition coefficient (Wildman–Crippen LogP) is 1.35. The average molecular weight is 381 g/mol. The van der Waals surface area contributed by atoms with Gasteiger partial charge in [0.25, 0.3) is 0 Å². The standard InChI is InChI=1S/C16H18F3N7O/c17-16(18,19)14-23-22-12-10-24(7-8-26(12)14)13(27)11-3-1-6-25(9-11)15-20-4-2-5-21-15/h2,4-5,11H,1,3,6-10H2/t11-/m1/s1. The molecular weight excluding hydrogens is 363 g/mol. The van der Waals surface area contributed by atoms with E-state index in [2.05, 4.69) is 20.2 Å². The summed E-state index contributed by atoms with van der Waals surface area (Å²) in [6, 6.07) is 1.73. The van der Waals surface area contributed by atoms with E-state index < -0.39 is 12.0 Å². The van der Waals surface area contributed by atoms with E-state index in [1.165, 1.54) is 0 Å². The zero-order chi connectivity index (χ0) is 19.0. The van der Waals surface area contributed by atoms with Crippen molar-refractivity contribution in [3.8, 4) is 0 Å². The number of fused-ring (bicyclic) bond motifs is 1. The first-order valence-corrected chi connectivity index (χ1v) is 8.73. The van der Waals surface area contributed by atoms with Crippen molar-refractivity contribution in [2.45, 2.75) is 32.1 Å². The summed E-state index contributed by atoms with van der Waals surface area (Å²) in [5, 5.41) is 6.88. The van der Waals surface area contributed by atoms with Gasteiger partial charge in [-0.25, -0.2) is 9.97 Å². The molecule has 2 aliphatic heterocycles. The Kier molecular flexibility index (Phi) is 4.44. The number of amides is 1. The Balaban J connectivity index is 1.45. The van der Waals surface area contributed by atoms with Gasteiger partial charge in [0, 0.05) is 38.6 Å². The molecule has 4 heterocycles. The molecule has 1 amide bonds. The normalized spacial score (nSPS) is 20.5. The lowest BCUT2D eigenvalue weighted by molar-refractivity contribution is -0.148. The molecule has 1 atom stereocenters. The van der Waals surface area contributed by atoms with Gasteiger partial charge in [-0.2, -0.15) is 13.2 Å². The number of halogens is 3. The second-order valence-corrected chi connectivity index (χ2v) is 6.68. The Bertz CT molecular complexity index is 823. The van der Waals surface area contributed by atoms with Crippen LogP contribution in [0.4, 0.5) is 19.1 Å². The number of carbonyl (C=O) groups excluding carboxylic acids is 1. The highest BCUT2D eigenvalue weighted by atomic mass is 19.4. The molecule has 11 heteroatoms. The first-order chi connectivity index (χ1) is 12.9. The molecule has 27 heavy (non-hydrogen) atoms. The largest absolute Gasteiger partial charge is 0.451 e. The number of hydrogen-bond acceptors (Lipinski definition) is 6. The topological polar surface area (TPSA) is 80.0 Å². The summed E-state index contributed by atoms with van der Waals surface area (Å²) in [4.78, 5) is 24.9. The van der Waals surface area contributed by atoms with Crippen molar-refractivity contribution < 1.29 is 18.0 Å². The van der Waals surface area contributed by atoms with Crippen molar-refractivity contribution in [3.63, 3.8) is 0 Å². The maximum absolute atomic E-state index is 12.9. The molecule has 0 unspecified atom stereocenters. The van der Waals surface area contributed by atoms with Crippen molar-refractivity contribution in [3.05, 3.63) is 30.1 Å². The summed E-state index contributed by atoms with van der Waals surface area (Å²) in [5.41, 5.74) is 0. The predicted molar refractivity (Wildman–Crippen MR) is 87.4 cm³/mol. The number of rotatable bonds is 2. The van der Waals surface area contributed by atoms with E-state index in [-0.39, 0.29) is 37.3 Å². The smallest absolute Gasteiger partial charge is 0.340 e. The molecule has 0 aliphatic carbocycles. The van der Waals surface area contributed by atoms with Crippen molar-refractivity contribution in [2.24, 2.45) is 5.92 Å². The maximum Gasteiger partial charge on any atom is 0.451 e. The van der Waals surface area contributed by atoms with E-state index in [4.69, 9.17) is 0 Å². The summed E-state index contributed by atoms with van der Waals surface area (Å²) in [6.07, 6.45) is 0.333. The quantitative estimate of drug-likeness (QED) is 0.781. The van der Waals surface area contributed by atoms with Crippen LogP contribution >= 0.6 is 0 Å². The van der Waals surface area contributed by atoms with Gasteiger partial charge in [-0.05, 0) is 18.9 Å². The minimum Gasteiger partial charge on any atom is -0.340 e. The van der Waals surface area contributed by atoms with Gasteiger partial charge in [0.2, 0.25) is 17.7 Å². The lowest BCUT2D eigenvalue weighted by Gasteiger charge is -2.36. The summed E-state index contributed by atoms with van der Waals surface area (Å²) in [7, 11) is 0. The molecule has 2 aliphatic rings. The van der Waals surface area contributed by atoms with E-state index in [1.807, 2.05) is 4.90 Å². The summed E-state index contributed by atoms with van der Waals surface area (Å²) < 4.78 is 39.9. The molecule has 0 aromatic carbocycles. The second kappa shape index (κ2) is 6.78. The Morgan fingerprint density at radius 1 is 1.11 bits per heavy atom. The number of aromatic nitrogens is 5. The van der Waals surface area contributed by atoms with E-state index in [9.17, 15) is 18.0 Å². The van der Waals surface area contributed by atoms with Gasteiger partial charge in [0.1, 0.15) is 0 Å². The summed E-state index contributed by atoms with van der Waals surface area (Å²) in [6.45, 7) is 1.57. The van der Waals surface area contributed by atoms with E-state index >= 15 is 0 Å². The molecule has 0 radical (unpaired) electrons. The van der Waals surface area contributed by atoms with Crippen LogP contribution < -0.4 is 4.90 Å². The zero-order valence-electron chi connectivity index (χ0n) is 14.4. The van der Waals surface area contributed by atoms with Crippen LogP contribution in [-0.4, -0.2) is 55.2 Å². The molecule has 2 aromatic rings. The third kappa shape index (κ3) is 3.45. The van der Waals surface area contributed by atoms with Crippen LogP contribution in [0, 0.1) is 5.92 Å². The fourth-order valence-corrected chi connectivity index (χ4v) is 3.63. The lowest BCUT2D eigenvalue weighted by atomic mass is 9.96. The highest BCUT2D eigenvalue weighted by Crippen LogP contribution is 2.30. The van der Waals surface area contributed by atoms with Crippen molar-refractivity contribution in [2.75, 3.05) is 24.5 Å². The molecule has 4 rings (SSSR count). The van der Waals surface area contributed by atoms with Crippen LogP contribution in [0.2, 0.25) is 0 Å². The molecule has 144 valence electrons. The summed E-state index contributed by atoms with van der Waals surface area (Å²) in [5.74, 6) is -0.559. The highest BCUT2D eigenvalue weighted by molar-refractivity contribution is 5.79. The fraction of sp³-hybridized carbons (Fsp3) is 0.562. The number of alkyl halides is 3. The van der Waals surface area contributed by atoms with Gasteiger partial charge in [-0.15, -0.1) is 10.2 Å². The molecular formula is C16H18F3N7O. The van der Waals surface area contributed by atoms with E-state index in [0.717, 1.165) is 24.0 Å². The molecule has 8 nitrogen and oxygen atoms in total. The van der Waals surface area contributed by atoms with E-state index in [0.29, 0.717) is 12.5 Å². The highest BCUT2D eigenvalue weighted by Gasteiger charge is 2.40. The Labute approximate surface area is 153 Å². The number of carbonyl (C=O) groups is 1. The van der Waals surface area contributed by atoms with Crippen LogP contribution in [0.3, 0.4) is 0 Å². The number of hydrogen-bond donors (Lipinski definition) is 0. The van der Waals surface area contributed by atoms with Crippen LogP contribution in [0.25, 0.3) is 0 Å². The monoisotopic (exact) mass is 381 g/mol. The molecule has 2 aromatic heterocycles. The van der Waals surface area contributed by atoms with Gasteiger partial charge in [0.05, 0.1) is 12.5 Å². The van der Waals surface area contributed by atoms with Gasteiger partial charge in [-0.3, -0.25) is 4.79 Å². The molecule has 0 saturated carbocycles. The number of piperidine rings is 1. The Morgan fingerprint density at radius 2 is 1.89 bits per heavy atom. The van der Waals surface area contributed by atoms with Gasteiger partial charge >= 0.3 is 6.18 Å². The summed E-state index contributed by atoms with van der Waals surface area (Å²) >= 11 is 0. The van der Waals surface area contributed by atoms with Crippen LogP contribution in [0.5, 0.6) is 0 Å². The minimum absolute atomic E-state index is 0.0419. The Hall–Kier alpha value is -2.72. The lowest BCUT2D eigenvalue weighted by Crippen LogP contribution is -2.47. The molecule has 1 saturated heterocycles. The fourth-order valence-electron chi connectivity index (χ4n) is 3.63. The van der Waals surface area contributed by atoms with Crippen molar-refractivity contribution >= 4 is 11.9 Å². The second-order valence-electron chi connectivity index (χ2n) is 6.68. The first kappa shape index (κ1) is 17.7. The molecule has 0 N–H and O–H groups in total. The molecule has 1 fully saturated rings. The third-order valence-electron chi connectivity index (χ3n) is 4.92. The molecule has 0 spiro atoms. The Morgan fingerprint density at radius 3 is 2.63 bits per heavy atom. The number of anilines is 1. The minimum atomic E-state index is -4.54. The van der Waals surface area contributed by atoms with Crippen LogP contribution in [0.15, 0.2) is 18.5 Å². The van der Waals surface area contributed by atoms with Crippen molar-refractivity contribution in [1.29, 1.82) is 0 Å². The number of nitrogens with zero attached hydrogens (tertiary/aromatic N) is 7. The van der Waals surface area contributed by atoms with E-state index in [1.54, 1.807) is 23.4 Å². The van der Waals surface area contributed by atoms with Crippen molar-refractivity contribution in [1.82, 2.24) is 29.6 Å². The van der Waals surface area contributed by atoms with Crippen LogP contribution in [0.1, 0.15) is 24.5 Å². The SMILES string of the molecule is O=C([C@@H]1CCCN(c2ncccn2)C1)N1CCn2c(nnc2C(F)(F)F)C1. The van der Waals surface area contributed by atoms with Gasteiger partial charge in [-0.1, -0.05) is 0 Å². The van der Waals surface area contributed by atoms with Gasteiger partial charge < -0.3 is 14.4 Å². The van der Waals surface area contributed by atoms with Crippen LogP contribution in [-0.2, 0) is 24.1 Å². The first-order valence-electron chi connectivity index (χ1n) is 8.73. The third-order valence-corrected chi connectivity index (χ3v) is 4.92. The zero-order valence-corrected chi connectivity index (χ0v) is 14.4. The molecule has 0 bridgehead atoms. The average Bonchev–Trinajstić information content (AvgIpc) is 3.12. The van der Waals surface area contributed by atoms with Gasteiger partial charge in [0.15, 0.2) is 5.82 Å².